The van der Waals surface area contributed by atoms with Crippen molar-refractivity contribution in [3.05, 3.63) is 77.9 Å². The predicted octanol–water partition coefficient (Wildman–Crippen LogP) is 3.02. The maximum Gasteiger partial charge on any atom is 0.226 e. The van der Waals surface area contributed by atoms with Crippen LogP contribution in [0, 0.1) is 11.3 Å². The van der Waals surface area contributed by atoms with E-state index in [1.165, 1.54) is 0 Å². The van der Waals surface area contributed by atoms with E-state index in [1.807, 2.05) is 30.9 Å². The van der Waals surface area contributed by atoms with Crippen LogP contribution in [-0.2, 0) is 6.54 Å². The molecule has 7 heteroatoms. The average Bonchev–Trinajstić information content (AvgIpc) is 2.74. The van der Waals surface area contributed by atoms with Gasteiger partial charge in [0.2, 0.25) is 5.95 Å². The van der Waals surface area contributed by atoms with Crippen molar-refractivity contribution in [1.82, 2.24) is 15.0 Å². The molecule has 0 radical (unpaired) electrons. The highest BCUT2D eigenvalue weighted by Crippen LogP contribution is 2.44. The summed E-state index contributed by atoms with van der Waals surface area (Å²) in [5.74, 6) is 1.11. The highest BCUT2D eigenvalue weighted by molar-refractivity contribution is 5.50. The molecule has 4 rings (SSSR count). The van der Waals surface area contributed by atoms with Crippen LogP contribution in [0.1, 0.15) is 36.6 Å². The number of benzene rings is 1. The topological polar surface area (TPSA) is 95.2 Å². The number of aliphatic hydroxyl groups is 1. The summed E-state index contributed by atoms with van der Waals surface area (Å²) in [6, 6.07) is 12.5. The number of fused-ring (bicyclic) bond motifs is 1. The molecule has 29 heavy (non-hydrogen) atoms. The number of aliphatic hydroxyl groups excluding tert-OH is 1. The van der Waals surface area contributed by atoms with Gasteiger partial charge in [0.1, 0.15) is 17.5 Å². The van der Waals surface area contributed by atoms with Crippen LogP contribution in [0.5, 0.6) is 5.75 Å². The summed E-state index contributed by atoms with van der Waals surface area (Å²) < 4.78 is 6.06. The van der Waals surface area contributed by atoms with Crippen molar-refractivity contribution < 1.29 is 9.84 Å². The molecule has 1 aliphatic rings. The third-order valence-corrected chi connectivity index (χ3v) is 5.06. The highest BCUT2D eigenvalue weighted by Gasteiger charge is 2.46. The van der Waals surface area contributed by atoms with Crippen LogP contribution in [0.15, 0.2) is 61.2 Å². The largest absolute Gasteiger partial charge is 0.485 e. The number of hydrogen-bond acceptors (Lipinski definition) is 7. The van der Waals surface area contributed by atoms with Gasteiger partial charge in [-0.2, -0.15) is 5.26 Å². The van der Waals surface area contributed by atoms with Crippen LogP contribution in [0.25, 0.3) is 0 Å². The average molecular weight is 387 g/mol. The van der Waals surface area contributed by atoms with E-state index in [9.17, 15) is 10.4 Å². The SMILES string of the molecule is CC1(C)Oc2ccc(C#N)cc2[C@H](N(Cc2cccnc2)c2ncccn2)[C@H]1O. The molecule has 0 unspecified atom stereocenters. The minimum absolute atomic E-state index is 0.436. The van der Waals surface area contributed by atoms with Crippen LogP contribution >= 0.6 is 0 Å². The molecular weight excluding hydrogens is 366 g/mol. The minimum Gasteiger partial charge on any atom is -0.485 e. The minimum atomic E-state index is -0.885. The van der Waals surface area contributed by atoms with E-state index in [-0.39, 0.29) is 0 Å². The van der Waals surface area contributed by atoms with Crippen molar-refractivity contribution in [3.8, 4) is 11.8 Å². The van der Waals surface area contributed by atoms with Crippen LogP contribution < -0.4 is 9.64 Å². The quantitative estimate of drug-likeness (QED) is 0.735. The number of nitriles is 1. The van der Waals surface area contributed by atoms with Gasteiger partial charge in [-0.05, 0) is 49.7 Å². The Kier molecular flexibility index (Phi) is 4.87. The molecule has 1 N–H and O–H groups in total. The second kappa shape index (κ2) is 7.49. The van der Waals surface area contributed by atoms with Gasteiger partial charge < -0.3 is 14.7 Å². The van der Waals surface area contributed by atoms with Crippen LogP contribution in [0.2, 0.25) is 0 Å². The van der Waals surface area contributed by atoms with E-state index < -0.39 is 17.7 Å². The van der Waals surface area contributed by atoms with Crippen LogP contribution in [0.4, 0.5) is 5.95 Å². The van der Waals surface area contributed by atoms with E-state index >= 15 is 0 Å². The number of pyridine rings is 1. The third kappa shape index (κ3) is 3.62. The lowest BCUT2D eigenvalue weighted by molar-refractivity contribution is -0.0592. The molecule has 2 atom stereocenters. The Morgan fingerprint density at radius 2 is 1.97 bits per heavy atom. The summed E-state index contributed by atoms with van der Waals surface area (Å²) >= 11 is 0. The predicted molar refractivity (Wildman–Crippen MR) is 107 cm³/mol. The van der Waals surface area contributed by atoms with Crippen molar-refractivity contribution in [2.75, 3.05) is 4.90 Å². The molecular formula is C22H21N5O2. The third-order valence-electron chi connectivity index (χ3n) is 5.06. The molecule has 1 aliphatic heterocycles. The first-order valence-corrected chi connectivity index (χ1v) is 9.33. The van der Waals surface area contributed by atoms with E-state index in [0.29, 0.717) is 23.8 Å². The van der Waals surface area contributed by atoms with E-state index in [2.05, 4.69) is 21.0 Å². The van der Waals surface area contributed by atoms with Gasteiger partial charge >= 0.3 is 0 Å². The summed E-state index contributed by atoms with van der Waals surface area (Å²) in [5, 5.41) is 20.7. The van der Waals surface area contributed by atoms with Crippen molar-refractivity contribution in [3.63, 3.8) is 0 Å². The molecule has 2 aromatic heterocycles. The fraction of sp³-hybridized carbons (Fsp3) is 0.273. The zero-order valence-corrected chi connectivity index (χ0v) is 16.2. The molecule has 1 aromatic carbocycles. The molecule has 0 spiro atoms. The molecule has 0 fully saturated rings. The Balaban J connectivity index is 1.87. The van der Waals surface area contributed by atoms with Gasteiger partial charge in [0.05, 0.1) is 17.7 Å². The fourth-order valence-electron chi connectivity index (χ4n) is 3.60. The molecule has 0 aliphatic carbocycles. The molecule has 0 saturated heterocycles. The van der Waals surface area contributed by atoms with Crippen molar-refractivity contribution in [1.29, 1.82) is 5.26 Å². The lowest BCUT2D eigenvalue weighted by Gasteiger charge is -2.46. The first kappa shape index (κ1) is 18.8. The summed E-state index contributed by atoms with van der Waals surface area (Å²) in [5.41, 5.74) is 1.34. The normalized spacial score (nSPS) is 19.5. The first-order chi connectivity index (χ1) is 14.0. The summed E-state index contributed by atoms with van der Waals surface area (Å²) in [4.78, 5) is 15.0. The van der Waals surface area contributed by atoms with Gasteiger partial charge in [-0.1, -0.05) is 6.07 Å². The maximum absolute atomic E-state index is 11.3. The Morgan fingerprint density at radius 3 is 2.66 bits per heavy atom. The number of nitrogens with zero attached hydrogens (tertiary/aromatic N) is 5. The van der Waals surface area contributed by atoms with Crippen molar-refractivity contribution in [2.45, 2.75) is 38.1 Å². The fourth-order valence-corrected chi connectivity index (χ4v) is 3.60. The van der Waals surface area contributed by atoms with Crippen LogP contribution in [0.3, 0.4) is 0 Å². The Labute approximate surface area is 169 Å². The lowest BCUT2D eigenvalue weighted by Crippen LogP contribution is -2.54. The van der Waals surface area contributed by atoms with E-state index in [0.717, 1.165) is 11.1 Å². The zero-order chi connectivity index (χ0) is 20.4. The highest BCUT2D eigenvalue weighted by atomic mass is 16.5. The van der Waals surface area contributed by atoms with Gasteiger partial charge in [0.15, 0.2) is 0 Å². The second-order valence-electron chi connectivity index (χ2n) is 7.50. The van der Waals surface area contributed by atoms with Crippen molar-refractivity contribution >= 4 is 5.95 Å². The number of rotatable bonds is 4. The molecule has 7 nitrogen and oxygen atoms in total. The molecule has 3 heterocycles. The summed E-state index contributed by atoms with van der Waals surface area (Å²) in [6.07, 6.45) is 5.95. The van der Waals surface area contributed by atoms with Gasteiger partial charge in [0, 0.05) is 36.9 Å². The lowest BCUT2D eigenvalue weighted by atomic mass is 9.85. The van der Waals surface area contributed by atoms with E-state index in [4.69, 9.17) is 4.74 Å². The smallest absolute Gasteiger partial charge is 0.226 e. The van der Waals surface area contributed by atoms with Gasteiger partial charge in [-0.25, -0.2) is 9.97 Å². The van der Waals surface area contributed by atoms with Crippen molar-refractivity contribution in [2.24, 2.45) is 0 Å². The monoisotopic (exact) mass is 387 g/mol. The summed E-state index contributed by atoms with van der Waals surface area (Å²) in [6.45, 7) is 4.13. The molecule has 146 valence electrons. The number of hydrogen-bond donors (Lipinski definition) is 1. The standard InChI is InChI=1S/C22H21N5O2/c1-22(2)20(28)19(17-11-15(12-23)6-7-18(17)29-22)27(21-25-9-4-10-26-21)14-16-5-3-8-24-13-16/h3-11,13,19-20,28H,14H2,1-2H3/t19-,20+/m0/s1. The number of aromatic nitrogens is 3. The van der Waals surface area contributed by atoms with Gasteiger partial charge in [0.25, 0.3) is 0 Å². The molecule has 0 bridgehead atoms. The van der Waals surface area contributed by atoms with Gasteiger partial charge in [-0.15, -0.1) is 0 Å². The first-order valence-electron chi connectivity index (χ1n) is 9.33. The molecule has 0 saturated carbocycles. The van der Waals surface area contributed by atoms with Crippen LogP contribution in [-0.4, -0.2) is 31.8 Å². The molecule has 3 aromatic rings. The van der Waals surface area contributed by atoms with Gasteiger partial charge in [-0.3, -0.25) is 4.98 Å². The number of ether oxygens (including phenoxy) is 1. The second-order valence-corrected chi connectivity index (χ2v) is 7.50. The number of anilines is 1. The zero-order valence-electron chi connectivity index (χ0n) is 16.2. The Hall–Kier alpha value is -3.50. The summed E-state index contributed by atoms with van der Waals surface area (Å²) in [7, 11) is 0. The maximum atomic E-state index is 11.3. The Morgan fingerprint density at radius 1 is 1.17 bits per heavy atom. The Bertz CT molecular complexity index is 1030. The van der Waals surface area contributed by atoms with E-state index in [1.54, 1.807) is 49.1 Å². The molecule has 0 amide bonds.